The molecule has 0 unspecified atom stereocenters. The molecule has 0 aromatic carbocycles. The predicted octanol–water partition coefficient (Wildman–Crippen LogP) is 5.01. The van der Waals surface area contributed by atoms with Crippen molar-refractivity contribution in [2.24, 2.45) is 10.8 Å². The molecule has 0 rings (SSSR count). The van der Waals surface area contributed by atoms with Crippen molar-refractivity contribution in [3.63, 3.8) is 0 Å². The normalized spacial score (nSPS) is 10.7. The van der Waals surface area contributed by atoms with Crippen LogP contribution in [0.25, 0.3) is 0 Å². The summed E-state index contributed by atoms with van der Waals surface area (Å²) in [5.41, 5.74) is -1.44. The number of hydrogen-bond donors (Lipinski definition) is 6. The van der Waals surface area contributed by atoms with Crippen molar-refractivity contribution < 1.29 is 62.7 Å². The molecule has 288 valence electrons. The van der Waals surface area contributed by atoms with E-state index in [1.54, 1.807) is 0 Å². The van der Waals surface area contributed by atoms with E-state index in [0.29, 0.717) is 47.4 Å². The smallest absolute Gasteiger partial charge is 0.306 e. The molecule has 0 amide bonds. The second kappa shape index (κ2) is 34.1. The summed E-state index contributed by atoms with van der Waals surface area (Å²) in [4.78, 5) is 63.4. The van der Waals surface area contributed by atoms with Gasteiger partial charge in [0.25, 0.3) is 0 Å². The number of carbonyl (C=O) groups excluding carboxylic acids is 3. The van der Waals surface area contributed by atoms with E-state index in [4.69, 9.17) is 38.8 Å². The van der Waals surface area contributed by atoms with Gasteiger partial charge in [-0.3, -0.25) is 14.4 Å². The van der Waals surface area contributed by atoms with E-state index < -0.39 is 10.8 Å². The highest BCUT2D eigenvalue weighted by Gasteiger charge is 2.36. The van der Waals surface area contributed by atoms with Crippen LogP contribution in [0, 0.1) is 10.8 Å². The van der Waals surface area contributed by atoms with E-state index in [9.17, 15) is 14.4 Å². The molecule has 0 bridgehead atoms. The Morgan fingerprint density at radius 3 is 1.16 bits per heavy atom. The molecule has 0 saturated carbocycles. The fraction of sp³-hybridized carbons (Fsp3) is 0.700. The van der Waals surface area contributed by atoms with E-state index in [2.05, 4.69) is 105 Å². The first-order valence-electron chi connectivity index (χ1n) is 14.6. The van der Waals surface area contributed by atoms with Crippen LogP contribution in [0.3, 0.4) is 0 Å². The number of thiol groups is 6. The van der Waals surface area contributed by atoms with Crippen molar-refractivity contribution >= 4 is 93.7 Å². The summed E-state index contributed by atoms with van der Waals surface area (Å²) in [7, 11) is 2.73. The Morgan fingerprint density at radius 2 is 0.878 bits per heavy atom. The fourth-order valence-corrected chi connectivity index (χ4v) is 3.16. The van der Waals surface area contributed by atoms with Gasteiger partial charge in [0.05, 0.1) is 76.0 Å². The molecule has 19 heteroatoms. The van der Waals surface area contributed by atoms with Crippen LogP contribution >= 0.6 is 75.8 Å². The average molecular weight is 815 g/mol. The Morgan fingerprint density at radius 1 is 0.531 bits per heavy atom. The summed E-state index contributed by atoms with van der Waals surface area (Å²) < 4.78 is 19.9. The lowest BCUT2D eigenvalue weighted by molar-refractivity contribution is -0.347. The zero-order valence-corrected chi connectivity index (χ0v) is 34.1. The standard InChI is InChI=1S/C22H38O9S4.2C4H8O2S/c1-17(8-33)29-26-14-22(15-27-30-18(2)9-34,16-28-31-19(3)10-35)13-24-11-21(4,5)12-25-20(23)6-7-32;2*1-6-4(5)2-3-7/h32-35H,1-3,6-16H2,4-5H3;2*7H,2-3H2,1H3. The summed E-state index contributed by atoms with van der Waals surface area (Å²) >= 11 is 23.9. The number of hydrogen-bond acceptors (Lipinski definition) is 19. The third kappa shape index (κ3) is 33.9. The lowest BCUT2D eigenvalue weighted by Crippen LogP contribution is -2.43. The van der Waals surface area contributed by atoms with Crippen molar-refractivity contribution in [3.05, 3.63) is 37.0 Å². The Hall–Kier alpha value is -1.03. The molecule has 0 heterocycles. The third-order valence-electron chi connectivity index (χ3n) is 5.08. The molecule has 0 fully saturated rings. The van der Waals surface area contributed by atoms with Crippen LogP contribution in [0.1, 0.15) is 33.1 Å². The van der Waals surface area contributed by atoms with E-state index in [0.717, 1.165) is 0 Å². The maximum atomic E-state index is 11.7. The Balaban J connectivity index is -0.00000125. The molecule has 0 aliphatic carbocycles. The Kier molecular flexibility index (Phi) is 36.4. The summed E-state index contributed by atoms with van der Waals surface area (Å²) in [6.45, 7) is 15.2. The van der Waals surface area contributed by atoms with Gasteiger partial charge in [-0.15, -0.1) is 0 Å². The van der Waals surface area contributed by atoms with Gasteiger partial charge in [0.1, 0.15) is 37.1 Å². The van der Waals surface area contributed by atoms with Crippen LogP contribution in [0.4, 0.5) is 0 Å². The van der Waals surface area contributed by atoms with Crippen molar-refractivity contribution in [3.8, 4) is 0 Å². The Labute approximate surface area is 324 Å². The quantitative estimate of drug-likeness (QED) is 0.0165. The molecule has 0 aromatic heterocycles. The number of esters is 3. The zero-order chi connectivity index (χ0) is 38.1. The van der Waals surface area contributed by atoms with Crippen molar-refractivity contribution in [1.29, 1.82) is 0 Å². The highest BCUT2D eigenvalue weighted by atomic mass is 32.1. The number of methoxy groups -OCH3 is 2. The molecular formula is C30H54O13S6. The van der Waals surface area contributed by atoms with E-state index in [1.165, 1.54) is 14.2 Å². The van der Waals surface area contributed by atoms with Gasteiger partial charge in [0, 0.05) is 22.7 Å². The Bertz CT molecular complexity index is 865. The van der Waals surface area contributed by atoms with Gasteiger partial charge in [-0.2, -0.15) is 90.4 Å². The van der Waals surface area contributed by atoms with Crippen LogP contribution in [0.5, 0.6) is 0 Å². The average Bonchev–Trinajstić information content (AvgIpc) is 3.07. The van der Waals surface area contributed by atoms with Gasteiger partial charge in [-0.1, -0.05) is 33.6 Å². The molecule has 49 heavy (non-hydrogen) atoms. The maximum absolute atomic E-state index is 11.7. The highest BCUT2D eigenvalue weighted by molar-refractivity contribution is 7.81. The molecule has 0 aliphatic heterocycles. The van der Waals surface area contributed by atoms with Crippen LogP contribution in [0.2, 0.25) is 0 Å². The van der Waals surface area contributed by atoms with Crippen molar-refractivity contribution in [1.82, 2.24) is 0 Å². The molecular weight excluding hydrogens is 761 g/mol. The second-order valence-electron chi connectivity index (χ2n) is 10.5. The summed E-state index contributed by atoms with van der Waals surface area (Å²) in [6.07, 6.45) is 1.04. The minimum Gasteiger partial charge on any atom is -0.469 e. The van der Waals surface area contributed by atoms with Crippen LogP contribution < -0.4 is 0 Å². The monoisotopic (exact) mass is 814 g/mol. The van der Waals surface area contributed by atoms with Gasteiger partial charge in [0.15, 0.2) is 0 Å². The first-order valence-corrected chi connectivity index (χ1v) is 18.4. The minimum atomic E-state index is -0.969. The summed E-state index contributed by atoms with van der Waals surface area (Å²) in [5, 5.41) is 0. The lowest BCUT2D eigenvalue weighted by Gasteiger charge is -2.32. The van der Waals surface area contributed by atoms with Gasteiger partial charge in [-0.05, 0) is 0 Å². The van der Waals surface area contributed by atoms with E-state index >= 15 is 0 Å². The first-order chi connectivity index (χ1) is 23.1. The summed E-state index contributed by atoms with van der Waals surface area (Å²) in [6, 6.07) is 0. The van der Waals surface area contributed by atoms with Crippen molar-refractivity contribution in [2.45, 2.75) is 33.1 Å². The molecule has 0 saturated heterocycles. The maximum Gasteiger partial charge on any atom is 0.306 e. The lowest BCUT2D eigenvalue weighted by atomic mass is 9.92. The highest BCUT2D eigenvalue weighted by Crippen LogP contribution is 2.25. The molecule has 0 aliphatic rings. The first kappa shape index (κ1) is 52.3. The van der Waals surface area contributed by atoms with E-state index in [-0.39, 0.29) is 81.2 Å². The SMILES string of the molecule is C=C(CS)OOCC(COCC(C)(C)COC(=O)CCS)(COOC(=C)CS)COOC(=C)CS.COC(=O)CCS.COC(=O)CCS. The van der Waals surface area contributed by atoms with Gasteiger partial charge >= 0.3 is 17.9 Å². The second-order valence-corrected chi connectivity index (χ2v) is 12.8. The minimum absolute atomic E-state index is 0.0510. The zero-order valence-electron chi connectivity index (χ0n) is 28.7. The topological polar surface area (TPSA) is 144 Å². The number of rotatable bonds is 27. The van der Waals surface area contributed by atoms with Gasteiger partial charge in [0.2, 0.25) is 0 Å². The van der Waals surface area contributed by atoms with Gasteiger partial charge < -0.3 is 33.6 Å². The molecule has 13 nitrogen and oxygen atoms in total. The third-order valence-corrected chi connectivity index (χ3v) is 6.81. The fourth-order valence-electron chi connectivity index (χ4n) is 2.45. The molecule has 0 N–H and O–H groups in total. The van der Waals surface area contributed by atoms with Crippen LogP contribution in [-0.4, -0.2) is 106 Å². The van der Waals surface area contributed by atoms with E-state index in [1.807, 2.05) is 13.8 Å². The predicted molar refractivity (Wildman–Crippen MR) is 208 cm³/mol. The molecule has 0 atom stereocenters. The van der Waals surface area contributed by atoms with Crippen LogP contribution in [-0.2, 0) is 62.7 Å². The largest absolute Gasteiger partial charge is 0.469 e. The van der Waals surface area contributed by atoms with Crippen LogP contribution in [0.15, 0.2) is 37.0 Å². The van der Waals surface area contributed by atoms with Crippen molar-refractivity contribution in [2.75, 3.05) is 88.4 Å². The number of ether oxygens (including phenoxy) is 4. The molecule has 0 spiro atoms. The molecule has 0 aromatic rings. The number of carbonyl (C=O) groups is 3. The van der Waals surface area contributed by atoms with Gasteiger partial charge in [-0.25, -0.2) is 0 Å². The molecule has 0 radical (unpaired) electrons. The summed E-state index contributed by atoms with van der Waals surface area (Å²) in [5.74, 6) is 2.58.